The largest absolute Gasteiger partial charge is 0.326 e. The molecule has 3 N–H and O–H groups in total. The number of rotatable bonds is 6. The van der Waals surface area contributed by atoms with Gasteiger partial charge in [-0.1, -0.05) is 19.1 Å². The molecule has 1 atom stereocenters. The maximum Gasteiger partial charge on any atom is 0.240 e. The summed E-state index contributed by atoms with van der Waals surface area (Å²) in [5.74, 6) is 2.64. The molecule has 1 aliphatic heterocycles. The Morgan fingerprint density at radius 3 is 2.85 bits per heavy atom. The van der Waals surface area contributed by atoms with E-state index in [-0.39, 0.29) is 0 Å². The number of benzene rings is 1. The minimum absolute atomic E-state index is 0.353. The second-order valence-electron chi connectivity index (χ2n) is 5.08. The first-order valence-electron chi connectivity index (χ1n) is 6.96. The van der Waals surface area contributed by atoms with E-state index in [9.17, 15) is 8.42 Å². The summed E-state index contributed by atoms with van der Waals surface area (Å²) in [4.78, 5) is 0.383. The van der Waals surface area contributed by atoms with E-state index in [4.69, 9.17) is 5.73 Å². The molecule has 112 valence electrons. The van der Waals surface area contributed by atoms with Gasteiger partial charge in [-0.15, -0.1) is 0 Å². The lowest BCUT2D eigenvalue weighted by Gasteiger charge is -2.14. The molecular formula is C14H22N2O2S2. The monoisotopic (exact) mass is 314 g/mol. The van der Waals surface area contributed by atoms with Crippen LogP contribution in [-0.2, 0) is 23.0 Å². The van der Waals surface area contributed by atoms with Gasteiger partial charge in [-0.05, 0) is 47.5 Å². The minimum Gasteiger partial charge on any atom is -0.326 e. The topological polar surface area (TPSA) is 72.2 Å². The molecule has 4 nitrogen and oxygen atoms in total. The molecule has 1 unspecified atom stereocenters. The summed E-state index contributed by atoms with van der Waals surface area (Å²) in [5.41, 5.74) is 7.30. The number of hydrogen-bond donors (Lipinski definition) is 2. The third-order valence-corrected chi connectivity index (χ3v) is 6.36. The summed E-state index contributed by atoms with van der Waals surface area (Å²) in [5, 5.41) is 0. The molecule has 1 fully saturated rings. The quantitative estimate of drug-likeness (QED) is 0.839. The van der Waals surface area contributed by atoms with Crippen molar-refractivity contribution in [2.75, 3.05) is 18.1 Å². The molecule has 0 aromatic heterocycles. The Bertz CT molecular complexity index is 552. The number of hydrogen-bond acceptors (Lipinski definition) is 4. The van der Waals surface area contributed by atoms with Gasteiger partial charge in [0.25, 0.3) is 0 Å². The van der Waals surface area contributed by atoms with Gasteiger partial charge in [0.15, 0.2) is 0 Å². The molecule has 0 bridgehead atoms. The van der Waals surface area contributed by atoms with E-state index < -0.39 is 10.0 Å². The molecular weight excluding hydrogens is 292 g/mol. The molecule has 0 amide bonds. The van der Waals surface area contributed by atoms with Crippen LogP contribution in [0.15, 0.2) is 23.1 Å². The molecule has 20 heavy (non-hydrogen) atoms. The smallest absolute Gasteiger partial charge is 0.240 e. The zero-order valence-electron chi connectivity index (χ0n) is 11.8. The SMILES string of the molecule is CCc1ccc(CN)cc1S(=O)(=O)NCC1CCSC1. The lowest BCUT2D eigenvalue weighted by molar-refractivity contribution is 0.545. The number of nitrogens with one attached hydrogen (secondary N) is 1. The average Bonchev–Trinajstić information content (AvgIpc) is 2.98. The Balaban J connectivity index is 2.18. The summed E-state index contributed by atoms with van der Waals surface area (Å²) in [6, 6.07) is 5.46. The molecule has 1 saturated heterocycles. The molecule has 0 spiro atoms. The highest BCUT2D eigenvalue weighted by Gasteiger charge is 2.22. The normalized spacial score (nSPS) is 19.4. The Hall–Kier alpha value is -0.560. The molecule has 0 radical (unpaired) electrons. The van der Waals surface area contributed by atoms with Gasteiger partial charge in [-0.3, -0.25) is 0 Å². The van der Waals surface area contributed by atoms with Crippen molar-refractivity contribution < 1.29 is 8.42 Å². The van der Waals surface area contributed by atoms with Crippen molar-refractivity contribution in [2.45, 2.75) is 31.2 Å². The van der Waals surface area contributed by atoms with Crippen molar-refractivity contribution in [3.8, 4) is 0 Å². The highest BCUT2D eigenvalue weighted by atomic mass is 32.2. The van der Waals surface area contributed by atoms with Crippen LogP contribution in [0, 0.1) is 5.92 Å². The van der Waals surface area contributed by atoms with Crippen molar-refractivity contribution in [1.82, 2.24) is 4.72 Å². The number of thioether (sulfide) groups is 1. The number of aryl methyl sites for hydroxylation is 1. The number of sulfonamides is 1. The maximum atomic E-state index is 12.5. The molecule has 1 aliphatic rings. The Morgan fingerprint density at radius 1 is 1.45 bits per heavy atom. The molecule has 1 heterocycles. The third-order valence-electron chi connectivity index (χ3n) is 3.62. The standard InChI is InChI=1S/C14H22N2O2S2/c1-2-13-4-3-11(8-15)7-14(13)20(17,18)16-9-12-5-6-19-10-12/h3-4,7,12,16H,2,5-6,8-10,15H2,1H3. The van der Waals surface area contributed by atoms with Crippen LogP contribution >= 0.6 is 11.8 Å². The van der Waals surface area contributed by atoms with Crippen molar-refractivity contribution in [1.29, 1.82) is 0 Å². The Kier molecular flexibility index (Phi) is 5.49. The Morgan fingerprint density at radius 2 is 2.25 bits per heavy atom. The number of nitrogens with two attached hydrogens (primary N) is 1. The predicted octanol–water partition coefficient (Wildman–Crippen LogP) is 1.74. The van der Waals surface area contributed by atoms with E-state index in [1.54, 1.807) is 6.07 Å². The molecule has 1 aromatic rings. The minimum atomic E-state index is -3.44. The van der Waals surface area contributed by atoms with E-state index in [1.165, 1.54) is 0 Å². The summed E-state index contributed by atoms with van der Waals surface area (Å²) >= 11 is 1.89. The van der Waals surface area contributed by atoms with Crippen molar-refractivity contribution in [2.24, 2.45) is 11.7 Å². The molecule has 1 aromatic carbocycles. The first kappa shape index (κ1) is 15.8. The zero-order valence-corrected chi connectivity index (χ0v) is 13.4. The van der Waals surface area contributed by atoms with Gasteiger partial charge in [0.1, 0.15) is 0 Å². The summed E-state index contributed by atoms with van der Waals surface area (Å²) in [6.07, 6.45) is 1.79. The first-order chi connectivity index (χ1) is 9.56. The molecule has 6 heteroatoms. The lowest BCUT2D eigenvalue weighted by atomic mass is 10.1. The molecule has 0 aliphatic carbocycles. The molecule has 2 rings (SSSR count). The van der Waals surface area contributed by atoms with Crippen molar-refractivity contribution >= 4 is 21.8 Å². The third kappa shape index (κ3) is 3.75. The van der Waals surface area contributed by atoms with Crippen LogP contribution in [0.4, 0.5) is 0 Å². The zero-order chi connectivity index (χ0) is 14.6. The van der Waals surface area contributed by atoms with Crippen molar-refractivity contribution in [3.63, 3.8) is 0 Å². The van der Waals surface area contributed by atoms with Gasteiger partial charge < -0.3 is 5.73 Å². The van der Waals surface area contributed by atoms with Crippen LogP contribution < -0.4 is 10.5 Å². The van der Waals surface area contributed by atoms with Gasteiger partial charge in [0.2, 0.25) is 10.0 Å². The second-order valence-corrected chi connectivity index (χ2v) is 7.97. The van der Waals surface area contributed by atoms with Gasteiger partial charge in [-0.25, -0.2) is 13.1 Å². The van der Waals surface area contributed by atoms with Gasteiger partial charge >= 0.3 is 0 Å². The predicted molar refractivity (Wildman–Crippen MR) is 84.3 cm³/mol. The summed E-state index contributed by atoms with van der Waals surface area (Å²) in [6.45, 7) is 2.85. The van der Waals surface area contributed by atoms with Crippen LogP contribution in [-0.4, -0.2) is 26.5 Å². The average molecular weight is 314 g/mol. The van der Waals surface area contributed by atoms with Crippen LogP contribution in [0.2, 0.25) is 0 Å². The second kappa shape index (κ2) is 6.93. The van der Waals surface area contributed by atoms with E-state index in [1.807, 2.05) is 30.8 Å². The van der Waals surface area contributed by atoms with Gasteiger partial charge in [-0.2, -0.15) is 11.8 Å². The maximum absolute atomic E-state index is 12.5. The highest BCUT2D eigenvalue weighted by molar-refractivity contribution is 7.99. The summed E-state index contributed by atoms with van der Waals surface area (Å²) < 4.78 is 27.7. The lowest BCUT2D eigenvalue weighted by Crippen LogP contribution is -2.30. The summed E-state index contributed by atoms with van der Waals surface area (Å²) in [7, 11) is -3.44. The highest BCUT2D eigenvalue weighted by Crippen LogP contribution is 2.24. The van der Waals surface area contributed by atoms with E-state index >= 15 is 0 Å². The fraction of sp³-hybridized carbons (Fsp3) is 0.571. The van der Waals surface area contributed by atoms with E-state index in [0.717, 1.165) is 29.1 Å². The van der Waals surface area contributed by atoms with E-state index in [2.05, 4.69) is 4.72 Å². The first-order valence-corrected chi connectivity index (χ1v) is 9.60. The van der Waals surface area contributed by atoms with Crippen molar-refractivity contribution in [3.05, 3.63) is 29.3 Å². The fourth-order valence-corrected chi connectivity index (χ4v) is 5.08. The fourth-order valence-electron chi connectivity index (χ4n) is 2.32. The van der Waals surface area contributed by atoms with Crippen LogP contribution in [0.5, 0.6) is 0 Å². The van der Waals surface area contributed by atoms with Gasteiger partial charge in [0, 0.05) is 13.1 Å². The molecule has 0 saturated carbocycles. The van der Waals surface area contributed by atoms with E-state index in [0.29, 0.717) is 30.3 Å². The van der Waals surface area contributed by atoms with Gasteiger partial charge in [0.05, 0.1) is 4.90 Å². The van der Waals surface area contributed by atoms with Crippen LogP contribution in [0.1, 0.15) is 24.5 Å². The van der Waals surface area contributed by atoms with Crippen LogP contribution in [0.25, 0.3) is 0 Å². The Labute approximate surface area is 125 Å². The van der Waals surface area contributed by atoms with Crippen LogP contribution in [0.3, 0.4) is 0 Å².